The van der Waals surface area contributed by atoms with Gasteiger partial charge in [0.15, 0.2) is 0 Å². The van der Waals surface area contributed by atoms with Gasteiger partial charge >= 0.3 is 0 Å². The molecule has 4 heteroatoms. The van der Waals surface area contributed by atoms with Crippen LogP contribution in [0.15, 0.2) is 0 Å². The molecule has 0 aromatic heterocycles. The highest BCUT2D eigenvalue weighted by Crippen LogP contribution is 2.68. The van der Waals surface area contributed by atoms with Gasteiger partial charge in [-0.2, -0.15) is 0 Å². The van der Waals surface area contributed by atoms with Crippen LogP contribution < -0.4 is 0 Å². The van der Waals surface area contributed by atoms with Crippen LogP contribution in [-0.2, 0) is 0 Å². The number of likely N-dealkylation sites (tertiary alicyclic amines) is 2. The summed E-state index contributed by atoms with van der Waals surface area (Å²) in [4.78, 5) is 5.71. The molecule has 2 aliphatic carbocycles. The molecule has 148 valence electrons. The smallest absolute Gasteiger partial charge is 0.0235 e. The average Bonchev–Trinajstić information content (AvgIpc) is 3.19. The van der Waals surface area contributed by atoms with E-state index >= 15 is 0 Å². The normalized spacial score (nSPS) is 45.8. The van der Waals surface area contributed by atoms with Gasteiger partial charge in [0.2, 0.25) is 0 Å². The molecule has 0 radical (unpaired) electrons. The van der Waals surface area contributed by atoms with Crippen LogP contribution in [0.1, 0.15) is 66.2 Å². The van der Waals surface area contributed by atoms with Gasteiger partial charge in [0.05, 0.1) is 0 Å². The molecule has 26 heavy (non-hydrogen) atoms. The van der Waals surface area contributed by atoms with Crippen LogP contribution in [0.25, 0.3) is 0 Å². The van der Waals surface area contributed by atoms with Crippen molar-refractivity contribution in [1.82, 2.24) is 14.1 Å². The molecular formula is C22H39N3S. The summed E-state index contributed by atoms with van der Waals surface area (Å²) in [7, 11) is 0. The molecule has 0 amide bonds. The highest BCUT2D eigenvalue weighted by atomic mass is 32.1. The fourth-order valence-electron chi connectivity index (χ4n) is 7.59. The van der Waals surface area contributed by atoms with Crippen LogP contribution in [0.5, 0.6) is 0 Å². The molecule has 2 spiro atoms. The molecule has 3 atom stereocenters. The van der Waals surface area contributed by atoms with Gasteiger partial charge in [-0.25, -0.2) is 0 Å². The lowest BCUT2D eigenvalue weighted by molar-refractivity contribution is -0.187. The number of thiol groups is 1. The first-order chi connectivity index (χ1) is 12.3. The quantitative estimate of drug-likeness (QED) is 0.745. The van der Waals surface area contributed by atoms with Gasteiger partial charge in [0, 0.05) is 48.7 Å². The van der Waals surface area contributed by atoms with E-state index < -0.39 is 0 Å². The number of piperidine rings is 1. The maximum Gasteiger partial charge on any atom is 0.0235 e. The van der Waals surface area contributed by atoms with Crippen LogP contribution in [0.3, 0.4) is 0 Å². The van der Waals surface area contributed by atoms with E-state index in [4.69, 9.17) is 0 Å². The fraction of sp³-hybridized carbons (Fsp3) is 1.00. The number of rotatable bonds is 4. The zero-order valence-corrected chi connectivity index (χ0v) is 18.2. The minimum Gasteiger partial charge on any atom is -0.301 e. The van der Waals surface area contributed by atoms with Crippen molar-refractivity contribution in [1.29, 1.82) is 0 Å². The van der Waals surface area contributed by atoms with E-state index in [0.717, 1.165) is 35.9 Å². The predicted molar refractivity (Wildman–Crippen MR) is 111 cm³/mol. The minimum absolute atomic E-state index is 0.595. The summed E-state index contributed by atoms with van der Waals surface area (Å²) in [6.45, 7) is 14.8. The molecule has 3 saturated heterocycles. The van der Waals surface area contributed by atoms with Crippen molar-refractivity contribution in [3.05, 3.63) is 0 Å². The van der Waals surface area contributed by atoms with Gasteiger partial charge in [0.25, 0.3) is 0 Å². The molecule has 5 fully saturated rings. The van der Waals surface area contributed by atoms with Crippen LogP contribution in [0.4, 0.5) is 0 Å². The summed E-state index contributed by atoms with van der Waals surface area (Å²) in [5, 5.41) is 0. The lowest BCUT2D eigenvalue weighted by atomic mass is 9.54. The monoisotopic (exact) mass is 377 g/mol. The Kier molecular flexibility index (Phi) is 4.29. The third kappa shape index (κ3) is 2.65. The van der Waals surface area contributed by atoms with E-state index in [1.165, 1.54) is 64.7 Å². The Labute approximate surface area is 166 Å². The van der Waals surface area contributed by atoms with E-state index in [9.17, 15) is 0 Å². The minimum atomic E-state index is 0.595. The second kappa shape index (κ2) is 6.11. The average molecular weight is 378 g/mol. The molecule has 0 aromatic carbocycles. The van der Waals surface area contributed by atoms with E-state index in [0.29, 0.717) is 11.0 Å². The van der Waals surface area contributed by atoms with Crippen molar-refractivity contribution in [2.45, 2.75) is 89.9 Å². The topological polar surface area (TPSA) is 9.72 Å². The Morgan fingerprint density at radius 2 is 1.65 bits per heavy atom. The van der Waals surface area contributed by atoms with Gasteiger partial charge in [0.1, 0.15) is 0 Å². The summed E-state index contributed by atoms with van der Waals surface area (Å²) in [5.74, 6) is 2.95. The molecule has 3 heterocycles. The standard InChI is InChI=1S/C22H39N3S/c1-15(2)23-7-5-6-17(12-23)18-8-22(9-18)11-20(25(22)16(3)4)19-10-21(19)13-24(26)14-21/h15-20,26H,5-14H2,1-4H3. The first-order valence-corrected chi connectivity index (χ1v) is 11.7. The fourth-order valence-corrected chi connectivity index (χ4v) is 8.15. The second-order valence-electron chi connectivity index (χ2n) is 11.2. The lowest BCUT2D eigenvalue weighted by Gasteiger charge is -2.69. The van der Waals surface area contributed by atoms with Crippen molar-refractivity contribution in [3.8, 4) is 0 Å². The molecule has 3 aliphatic heterocycles. The van der Waals surface area contributed by atoms with Crippen LogP contribution in [0.2, 0.25) is 0 Å². The zero-order chi connectivity index (χ0) is 18.3. The predicted octanol–water partition coefficient (Wildman–Crippen LogP) is 3.91. The van der Waals surface area contributed by atoms with Gasteiger partial charge in [-0.05, 0) is 90.5 Å². The molecule has 5 rings (SSSR count). The Balaban J connectivity index is 1.19. The van der Waals surface area contributed by atoms with Crippen molar-refractivity contribution >= 4 is 12.8 Å². The van der Waals surface area contributed by atoms with E-state index in [2.05, 4.69) is 54.6 Å². The van der Waals surface area contributed by atoms with E-state index in [-0.39, 0.29) is 0 Å². The van der Waals surface area contributed by atoms with Crippen molar-refractivity contribution in [2.24, 2.45) is 23.2 Å². The van der Waals surface area contributed by atoms with Gasteiger partial charge < -0.3 is 4.90 Å². The molecular weight excluding hydrogens is 338 g/mol. The number of hydrogen-bond acceptors (Lipinski definition) is 4. The van der Waals surface area contributed by atoms with Gasteiger partial charge in [-0.3, -0.25) is 9.21 Å². The Hall–Kier alpha value is 0.230. The summed E-state index contributed by atoms with van der Waals surface area (Å²) in [5.41, 5.74) is 1.27. The highest BCUT2D eigenvalue weighted by molar-refractivity contribution is 7.77. The van der Waals surface area contributed by atoms with E-state index in [1.807, 2.05) is 0 Å². The van der Waals surface area contributed by atoms with Crippen LogP contribution >= 0.6 is 12.8 Å². The summed E-state index contributed by atoms with van der Waals surface area (Å²) >= 11 is 4.53. The Morgan fingerprint density at radius 3 is 2.27 bits per heavy atom. The third-order valence-corrected chi connectivity index (χ3v) is 9.22. The van der Waals surface area contributed by atoms with Crippen LogP contribution in [-0.4, -0.2) is 63.9 Å². The summed E-state index contributed by atoms with van der Waals surface area (Å²) in [6, 6.07) is 2.33. The maximum absolute atomic E-state index is 4.53. The maximum atomic E-state index is 4.53. The largest absolute Gasteiger partial charge is 0.301 e. The Morgan fingerprint density at radius 1 is 0.923 bits per heavy atom. The van der Waals surface area contributed by atoms with Gasteiger partial charge in [-0.15, -0.1) is 0 Å². The van der Waals surface area contributed by atoms with E-state index in [1.54, 1.807) is 0 Å². The molecule has 0 N–H and O–H groups in total. The molecule has 5 aliphatic rings. The van der Waals surface area contributed by atoms with Gasteiger partial charge in [-0.1, -0.05) is 12.8 Å². The SMILES string of the molecule is CC(C)N1CCCC(C2CC3(C2)CC(C2CC24CN(S)C4)N3C(C)C)C1. The van der Waals surface area contributed by atoms with Crippen molar-refractivity contribution in [2.75, 3.05) is 26.2 Å². The molecule has 0 aromatic rings. The Bertz CT molecular complexity index is 550. The summed E-state index contributed by atoms with van der Waals surface area (Å²) < 4.78 is 2.22. The van der Waals surface area contributed by atoms with Crippen molar-refractivity contribution < 1.29 is 0 Å². The molecule has 3 nitrogen and oxygen atoms in total. The van der Waals surface area contributed by atoms with Crippen molar-refractivity contribution in [3.63, 3.8) is 0 Å². The number of nitrogens with zero attached hydrogens (tertiary/aromatic N) is 3. The number of hydrogen-bond donors (Lipinski definition) is 1. The van der Waals surface area contributed by atoms with Crippen LogP contribution in [0, 0.1) is 23.2 Å². The first kappa shape index (κ1) is 18.3. The molecule has 3 unspecified atom stereocenters. The lowest BCUT2D eigenvalue weighted by Crippen LogP contribution is -2.75. The highest BCUT2D eigenvalue weighted by Gasteiger charge is 2.70. The first-order valence-electron chi connectivity index (χ1n) is 11.3. The zero-order valence-electron chi connectivity index (χ0n) is 17.3. The molecule has 2 saturated carbocycles. The summed E-state index contributed by atoms with van der Waals surface area (Å²) in [6.07, 6.45) is 8.88. The second-order valence-corrected chi connectivity index (χ2v) is 11.7. The third-order valence-electron chi connectivity index (χ3n) is 8.93. The molecule has 0 bridgehead atoms.